The number of rotatable bonds is 6. The molecule has 22 heavy (non-hydrogen) atoms. The van der Waals surface area contributed by atoms with E-state index in [1.54, 1.807) is 24.3 Å². The van der Waals surface area contributed by atoms with Gasteiger partial charge in [0, 0.05) is 12.1 Å². The number of hydrogen-bond donors (Lipinski definition) is 2. The Labute approximate surface area is 133 Å². The Morgan fingerprint density at radius 1 is 1.14 bits per heavy atom. The maximum Gasteiger partial charge on any atom is 0.240 e. The molecule has 2 rings (SSSR count). The van der Waals surface area contributed by atoms with E-state index in [-0.39, 0.29) is 4.90 Å². The molecule has 0 radical (unpaired) electrons. The van der Waals surface area contributed by atoms with Crippen molar-refractivity contribution in [2.45, 2.75) is 55.9 Å². The number of benzene rings is 1. The quantitative estimate of drug-likeness (QED) is 0.787. The van der Waals surface area contributed by atoms with Gasteiger partial charge in [-0.1, -0.05) is 25.7 Å². The summed E-state index contributed by atoms with van der Waals surface area (Å²) in [6.07, 6.45) is 6.26. The van der Waals surface area contributed by atoms with Crippen LogP contribution in [0.25, 0.3) is 0 Å². The molecule has 0 amide bonds. The lowest BCUT2D eigenvalue weighted by Crippen LogP contribution is -2.49. The van der Waals surface area contributed by atoms with E-state index in [0.29, 0.717) is 18.9 Å². The molecule has 5 nitrogen and oxygen atoms in total. The van der Waals surface area contributed by atoms with Crippen molar-refractivity contribution in [2.24, 2.45) is 5.73 Å². The Balaban J connectivity index is 2.00. The van der Waals surface area contributed by atoms with Crippen molar-refractivity contribution in [3.63, 3.8) is 0 Å². The summed E-state index contributed by atoms with van der Waals surface area (Å²) in [6.45, 7) is 2.74. The third kappa shape index (κ3) is 4.69. The topological polar surface area (TPSA) is 81.4 Å². The lowest BCUT2D eigenvalue weighted by atomic mass is 9.92. The Morgan fingerprint density at radius 3 is 2.27 bits per heavy atom. The van der Waals surface area contributed by atoms with Crippen LogP contribution in [0.15, 0.2) is 29.2 Å². The molecule has 0 heterocycles. The minimum atomic E-state index is -3.53. The van der Waals surface area contributed by atoms with Crippen LogP contribution in [0.1, 0.15) is 45.4 Å². The van der Waals surface area contributed by atoms with Crippen molar-refractivity contribution < 1.29 is 13.2 Å². The van der Waals surface area contributed by atoms with Crippen LogP contribution in [0.3, 0.4) is 0 Å². The maximum absolute atomic E-state index is 12.4. The SMILES string of the molecule is CCOc1ccc(S(=O)(=O)NCC2(N)CCCCCC2)cc1. The number of hydrogen-bond acceptors (Lipinski definition) is 4. The molecule has 0 unspecified atom stereocenters. The Bertz CT molecular complexity index is 562. The molecule has 124 valence electrons. The third-order valence-electron chi connectivity index (χ3n) is 4.16. The molecule has 0 saturated heterocycles. The van der Waals surface area contributed by atoms with E-state index >= 15 is 0 Å². The molecule has 0 bridgehead atoms. The van der Waals surface area contributed by atoms with Crippen LogP contribution in [0.4, 0.5) is 0 Å². The van der Waals surface area contributed by atoms with Crippen molar-refractivity contribution in [1.82, 2.24) is 4.72 Å². The summed E-state index contributed by atoms with van der Waals surface area (Å²) < 4.78 is 32.7. The second kappa shape index (κ2) is 7.44. The molecule has 1 aliphatic rings. The van der Waals surface area contributed by atoms with Gasteiger partial charge in [-0.2, -0.15) is 0 Å². The van der Waals surface area contributed by atoms with Gasteiger partial charge in [-0.25, -0.2) is 13.1 Å². The first-order valence-corrected chi connectivity index (χ1v) is 9.45. The van der Waals surface area contributed by atoms with Gasteiger partial charge in [0.25, 0.3) is 0 Å². The second-order valence-electron chi connectivity index (χ2n) is 6.01. The minimum absolute atomic E-state index is 0.244. The molecule has 1 aromatic carbocycles. The predicted molar refractivity (Wildman–Crippen MR) is 87.4 cm³/mol. The molecule has 3 N–H and O–H groups in total. The van der Waals surface area contributed by atoms with Gasteiger partial charge in [-0.15, -0.1) is 0 Å². The fourth-order valence-electron chi connectivity index (χ4n) is 2.81. The van der Waals surface area contributed by atoms with Crippen molar-refractivity contribution in [3.05, 3.63) is 24.3 Å². The standard InChI is InChI=1S/C16H26N2O3S/c1-2-21-14-7-9-15(10-8-14)22(19,20)18-13-16(17)11-5-3-4-6-12-16/h7-10,18H,2-6,11-13,17H2,1H3. The molecule has 1 saturated carbocycles. The highest BCUT2D eigenvalue weighted by atomic mass is 32.2. The number of sulfonamides is 1. The highest BCUT2D eigenvalue weighted by molar-refractivity contribution is 7.89. The Kier molecular flexibility index (Phi) is 5.83. The van der Waals surface area contributed by atoms with Gasteiger partial charge in [0.05, 0.1) is 11.5 Å². The van der Waals surface area contributed by atoms with Crippen molar-refractivity contribution in [2.75, 3.05) is 13.2 Å². The van der Waals surface area contributed by atoms with Gasteiger partial charge in [-0.05, 0) is 44.0 Å². The average Bonchev–Trinajstić information content (AvgIpc) is 2.72. The van der Waals surface area contributed by atoms with Crippen LogP contribution in [0.5, 0.6) is 5.75 Å². The molecule has 0 atom stereocenters. The van der Waals surface area contributed by atoms with Crippen molar-refractivity contribution >= 4 is 10.0 Å². The van der Waals surface area contributed by atoms with E-state index in [1.807, 2.05) is 6.92 Å². The fourth-order valence-corrected chi connectivity index (χ4v) is 3.95. The first-order valence-electron chi connectivity index (χ1n) is 7.97. The summed E-state index contributed by atoms with van der Waals surface area (Å²) in [5.41, 5.74) is 5.94. The van der Waals surface area contributed by atoms with E-state index in [0.717, 1.165) is 25.7 Å². The highest BCUT2D eigenvalue weighted by Gasteiger charge is 2.28. The Morgan fingerprint density at radius 2 is 1.73 bits per heavy atom. The highest BCUT2D eigenvalue weighted by Crippen LogP contribution is 2.25. The van der Waals surface area contributed by atoms with Gasteiger partial charge in [0.1, 0.15) is 5.75 Å². The van der Waals surface area contributed by atoms with Crippen LogP contribution >= 0.6 is 0 Å². The predicted octanol–water partition coefficient (Wildman–Crippen LogP) is 2.42. The van der Waals surface area contributed by atoms with E-state index < -0.39 is 15.6 Å². The van der Waals surface area contributed by atoms with Crippen LogP contribution in [-0.2, 0) is 10.0 Å². The summed E-state index contributed by atoms with van der Waals surface area (Å²) in [6, 6.07) is 6.46. The molecule has 1 fully saturated rings. The lowest BCUT2D eigenvalue weighted by Gasteiger charge is -2.28. The van der Waals surface area contributed by atoms with Crippen LogP contribution in [-0.4, -0.2) is 27.1 Å². The largest absolute Gasteiger partial charge is 0.494 e. The summed E-state index contributed by atoms with van der Waals surface area (Å²) in [7, 11) is -3.53. The van der Waals surface area contributed by atoms with Gasteiger partial charge >= 0.3 is 0 Å². The summed E-state index contributed by atoms with van der Waals surface area (Å²) in [5.74, 6) is 0.667. The zero-order chi connectivity index (χ0) is 16.1. The normalized spacial score (nSPS) is 18.6. The van der Waals surface area contributed by atoms with E-state index in [9.17, 15) is 8.42 Å². The van der Waals surface area contributed by atoms with E-state index in [2.05, 4.69) is 4.72 Å². The third-order valence-corrected chi connectivity index (χ3v) is 5.58. The second-order valence-corrected chi connectivity index (χ2v) is 7.77. The van der Waals surface area contributed by atoms with Crippen molar-refractivity contribution in [3.8, 4) is 5.75 Å². The Hall–Kier alpha value is -1.11. The molecule has 0 aliphatic heterocycles. The molecule has 0 aromatic heterocycles. The molecule has 0 spiro atoms. The van der Waals surface area contributed by atoms with E-state index in [1.165, 1.54) is 12.8 Å². The van der Waals surface area contributed by atoms with Crippen LogP contribution in [0, 0.1) is 0 Å². The zero-order valence-electron chi connectivity index (χ0n) is 13.2. The van der Waals surface area contributed by atoms with Crippen LogP contribution < -0.4 is 15.2 Å². The molecule has 1 aliphatic carbocycles. The molecule has 6 heteroatoms. The smallest absolute Gasteiger partial charge is 0.240 e. The van der Waals surface area contributed by atoms with Crippen LogP contribution in [0.2, 0.25) is 0 Å². The van der Waals surface area contributed by atoms with Gasteiger partial charge in [0.2, 0.25) is 10.0 Å². The average molecular weight is 326 g/mol. The van der Waals surface area contributed by atoms with Gasteiger partial charge in [0.15, 0.2) is 0 Å². The molecule has 1 aromatic rings. The lowest BCUT2D eigenvalue weighted by molar-refractivity contribution is 0.340. The first-order chi connectivity index (χ1) is 10.5. The van der Waals surface area contributed by atoms with E-state index in [4.69, 9.17) is 10.5 Å². The molecular formula is C16H26N2O3S. The minimum Gasteiger partial charge on any atom is -0.494 e. The molecular weight excluding hydrogens is 300 g/mol. The number of ether oxygens (including phenoxy) is 1. The maximum atomic E-state index is 12.4. The van der Waals surface area contributed by atoms with Gasteiger partial charge in [-0.3, -0.25) is 0 Å². The van der Waals surface area contributed by atoms with Gasteiger partial charge < -0.3 is 10.5 Å². The summed E-state index contributed by atoms with van der Waals surface area (Å²) >= 11 is 0. The number of nitrogens with one attached hydrogen (secondary N) is 1. The zero-order valence-corrected chi connectivity index (χ0v) is 14.0. The fraction of sp³-hybridized carbons (Fsp3) is 0.625. The summed E-state index contributed by atoms with van der Waals surface area (Å²) in [4.78, 5) is 0.244. The first kappa shape index (κ1) is 17.2. The van der Waals surface area contributed by atoms with Crippen molar-refractivity contribution in [1.29, 1.82) is 0 Å². The monoisotopic (exact) mass is 326 g/mol. The summed E-state index contributed by atoms with van der Waals surface area (Å²) in [5, 5.41) is 0. The number of nitrogens with two attached hydrogens (primary N) is 1.